The van der Waals surface area contributed by atoms with Crippen LogP contribution >= 0.6 is 0 Å². The van der Waals surface area contributed by atoms with Crippen LogP contribution < -0.4 is 5.32 Å². The van der Waals surface area contributed by atoms with E-state index in [-0.39, 0.29) is 11.3 Å². The Balaban J connectivity index is 1.91. The molecule has 2 heterocycles. The number of nitrogens with zero attached hydrogens (tertiary/aromatic N) is 3. The van der Waals surface area contributed by atoms with Crippen molar-refractivity contribution in [3.63, 3.8) is 0 Å². The third-order valence-electron chi connectivity index (χ3n) is 4.06. The Morgan fingerprint density at radius 1 is 1.14 bits per heavy atom. The summed E-state index contributed by atoms with van der Waals surface area (Å²) in [6, 6.07) is 6.54. The van der Waals surface area contributed by atoms with Gasteiger partial charge in [-0.1, -0.05) is 39.0 Å². The third kappa shape index (κ3) is 5.22. The van der Waals surface area contributed by atoms with Gasteiger partial charge in [0.05, 0.1) is 11.1 Å². The van der Waals surface area contributed by atoms with Gasteiger partial charge in [-0.3, -0.25) is 4.79 Å². The summed E-state index contributed by atoms with van der Waals surface area (Å²) in [5.41, 5.74) is 0.801. The number of carbonyl (C=O) groups is 1. The van der Waals surface area contributed by atoms with Gasteiger partial charge in [-0.15, -0.1) is 5.10 Å². The highest BCUT2D eigenvalue weighted by Crippen LogP contribution is 2.29. The maximum absolute atomic E-state index is 12.7. The zero-order valence-corrected chi connectivity index (χ0v) is 16.3. The first-order valence-electron chi connectivity index (χ1n) is 9.01. The number of fused-ring (bicyclic) bond motifs is 1. The van der Waals surface area contributed by atoms with Gasteiger partial charge in [0, 0.05) is 18.8 Å². The molecule has 0 bridgehead atoms. The Kier molecular flexibility index (Phi) is 5.46. The van der Waals surface area contributed by atoms with Crippen molar-refractivity contribution in [3.05, 3.63) is 59.4 Å². The van der Waals surface area contributed by atoms with Gasteiger partial charge in [0.15, 0.2) is 11.5 Å². The molecule has 0 fully saturated rings. The zero-order valence-electron chi connectivity index (χ0n) is 16.3. The monoisotopic (exact) mass is 402 g/mol. The van der Waals surface area contributed by atoms with E-state index in [1.54, 1.807) is 35.1 Å². The molecule has 3 rings (SSSR count). The summed E-state index contributed by atoms with van der Waals surface area (Å²) >= 11 is 0. The van der Waals surface area contributed by atoms with Crippen molar-refractivity contribution in [1.82, 2.24) is 14.6 Å². The maximum atomic E-state index is 12.7. The van der Waals surface area contributed by atoms with Crippen LogP contribution in [-0.4, -0.2) is 20.5 Å². The molecule has 1 N–H and O–H groups in total. The quantitative estimate of drug-likeness (QED) is 0.645. The molecule has 0 aliphatic heterocycles. The van der Waals surface area contributed by atoms with Crippen LogP contribution in [0, 0.1) is 5.41 Å². The van der Waals surface area contributed by atoms with Crippen LogP contribution in [0.5, 0.6) is 0 Å². The minimum atomic E-state index is -4.38. The number of rotatable bonds is 4. The van der Waals surface area contributed by atoms with Gasteiger partial charge in [-0.05, 0) is 35.3 Å². The fraction of sp³-hybridized carbons (Fsp3) is 0.286. The highest BCUT2D eigenvalue weighted by atomic mass is 19.4. The normalized spacial score (nSPS) is 12.6. The van der Waals surface area contributed by atoms with Crippen LogP contribution in [0.2, 0.25) is 0 Å². The number of amides is 1. The number of benzene rings is 1. The van der Waals surface area contributed by atoms with Crippen molar-refractivity contribution in [1.29, 1.82) is 0 Å². The molecule has 0 radical (unpaired) electrons. The number of halogens is 3. The number of hydrogen-bond acceptors (Lipinski definition) is 3. The molecular formula is C21H21F3N4O. The lowest BCUT2D eigenvalue weighted by Gasteiger charge is -2.16. The van der Waals surface area contributed by atoms with Gasteiger partial charge in [-0.2, -0.15) is 13.2 Å². The Hall–Kier alpha value is -3.16. The van der Waals surface area contributed by atoms with Gasteiger partial charge in [-0.25, -0.2) is 9.50 Å². The Bertz CT molecular complexity index is 1040. The number of aromatic nitrogens is 3. The minimum absolute atomic E-state index is 0.176. The van der Waals surface area contributed by atoms with Gasteiger partial charge in [0.1, 0.15) is 0 Å². The second-order valence-corrected chi connectivity index (χ2v) is 7.89. The molecule has 1 aromatic carbocycles. The van der Waals surface area contributed by atoms with Crippen molar-refractivity contribution in [2.24, 2.45) is 5.41 Å². The fourth-order valence-electron chi connectivity index (χ4n) is 2.77. The molecule has 2 aromatic heterocycles. The first-order valence-corrected chi connectivity index (χ1v) is 9.01. The Morgan fingerprint density at radius 3 is 2.45 bits per heavy atom. The largest absolute Gasteiger partial charge is 0.416 e. The second-order valence-electron chi connectivity index (χ2n) is 7.89. The van der Waals surface area contributed by atoms with Crippen LogP contribution in [0.15, 0.2) is 42.7 Å². The van der Waals surface area contributed by atoms with Gasteiger partial charge in [0.25, 0.3) is 0 Å². The molecule has 0 aliphatic carbocycles. The Labute approximate surface area is 166 Å². The Morgan fingerprint density at radius 2 is 1.83 bits per heavy atom. The van der Waals surface area contributed by atoms with Crippen LogP contribution in [0.4, 0.5) is 19.0 Å². The van der Waals surface area contributed by atoms with Crippen molar-refractivity contribution in [2.45, 2.75) is 33.4 Å². The first-order chi connectivity index (χ1) is 13.5. The molecule has 0 aliphatic rings. The van der Waals surface area contributed by atoms with E-state index in [2.05, 4.69) is 15.4 Å². The molecule has 1 amide bonds. The number of nitrogens with one attached hydrogen (secondary N) is 1. The molecule has 0 saturated carbocycles. The van der Waals surface area contributed by atoms with E-state index >= 15 is 0 Å². The zero-order chi connectivity index (χ0) is 21.2. The van der Waals surface area contributed by atoms with Crippen molar-refractivity contribution in [2.75, 3.05) is 5.32 Å². The van der Waals surface area contributed by atoms with E-state index in [0.717, 1.165) is 12.1 Å². The average Bonchev–Trinajstić information content (AvgIpc) is 2.94. The molecule has 3 aromatic rings. The van der Waals surface area contributed by atoms with Gasteiger partial charge < -0.3 is 5.32 Å². The fourth-order valence-corrected chi connectivity index (χ4v) is 2.77. The van der Waals surface area contributed by atoms with Crippen LogP contribution in [0.25, 0.3) is 17.8 Å². The van der Waals surface area contributed by atoms with E-state index in [9.17, 15) is 18.0 Å². The van der Waals surface area contributed by atoms with E-state index in [0.29, 0.717) is 29.0 Å². The topological polar surface area (TPSA) is 59.3 Å². The first kappa shape index (κ1) is 20.6. The molecular weight excluding hydrogens is 381 g/mol. The lowest BCUT2D eigenvalue weighted by molar-refractivity contribution is -0.137. The van der Waals surface area contributed by atoms with Crippen molar-refractivity contribution in [3.8, 4) is 0 Å². The standard InChI is InChI=1S/C21H21F3N4O/c1-20(2,3)13-17(29)26-18-16(19-25-11-4-12-28(19)27-18)10-7-14-5-8-15(9-6-14)21(22,23)24/h4-12H,13H2,1-3H3,(H,26,27,29)/b10-7+. The number of alkyl halides is 3. The lowest BCUT2D eigenvalue weighted by atomic mass is 9.92. The van der Waals surface area contributed by atoms with Crippen LogP contribution in [0.1, 0.15) is 43.9 Å². The molecule has 0 atom stereocenters. The van der Waals surface area contributed by atoms with E-state index in [4.69, 9.17) is 0 Å². The van der Waals surface area contributed by atoms with Gasteiger partial charge >= 0.3 is 6.18 Å². The second kappa shape index (κ2) is 7.69. The third-order valence-corrected chi connectivity index (χ3v) is 4.06. The van der Waals surface area contributed by atoms with E-state index in [1.165, 1.54) is 12.1 Å². The summed E-state index contributed by atoms with van der Waals surface area (Å²) in [6.45, 7) is 5.88. The summed E-state index contributed by atoms with van der Waals surface area (Å²) in [5.74, 6) is 0.172. The highest BCUT2D eigenvalue weighted by Gasteiger charge is 2.29. The summed E-state index contributed by atoms with van der Waals surface area (Å²) in [6.07, 6.45) is 2.59. The van der Waals surface area contributed by atoms with Gasteiger partial charge in [0.2, 0.25) is 5.91 Å². The van der Waals surface area contributed by atoms with Crippen LogP contribution in [0.3, 0.4) is 0 Å². The molecule has 29 heavy (non-hydrogen) atoms. The van der Waals surface area contributed by atoms with Crippen LogP contribution in [-0.2, 0) is 11.0 Å². The smallest absolute Gasteiger partial charge is 0.309 e. The molecule has 152 valence electrons. The average molecular weight is 402 g/mol. The highest BCUT2D eigenvalue weighted by molar-refractivity contribution is 5.95. The summed E-state index contributed by atoms with van der Waals surface area (Å²) in [5, 5.41) is 7.17. The summed E-state index contributed by atoms with van der Waals surface area (Å²) in [7, 11) is 0. The molecule has 0 saturated heterocycles. The van der Waals surface area contributed by atoms with E-state index in [1.807, 2.05) is 20.8 Å². The van der Waals surface area contributed by atoms with Crippen molar-refractivity contribution >= 4 is 29.5 Å². The number of anilines is 1. The summed E-state index contributed by atoms with van der Waals surface area (Å²) in [4.78, 5) is 16.6. The minimum Gasteiger partial charge on any atom is -0.309 e. The number of carbonyl (C=O) groups excluding carboxylic acids is 1. The predicted octanol–water partition coefficient (Wildman–Crippen LogP) is 5.29. The predicted molar refractivity (Wildman–Crippen MR) is 106 cm³/mol. The SMILES string of the molecule is CC(C)(C)CC(=O)Nc1nn2cccnc2c1/C=C/c1ccc(C(F)(F)F)cc1. The molecule has 0 unspecified atom stereocenters. The van der Waals surface area contributed by atoms with E-state index < -0.39 is 11.7 Å². The number of hydrogen-bond donors (Lipinski definition) is 1. The molecule has 8 heteroatoms. The maximum Gasteiger partial charge on any atom is 0.416 e. The molecule has 5 nitrogen and oxygen atoms in total. The van der Waals surface area contributed by atoms with Crippen molar-refractivity contribution < 1.29 is 18.0 Å². The molecule has 0 spiro atoms. The lowest BCUT2D eigenvalue weighted by Crippen LogP contribution is -2.20. The summed E-state index contributed by atoms with van der Waals surface area (Å²) < 4.78 is 39.7.